The van der Waals surface area contributed by atoms with Crippen LogP contribution in [0.2, 0.25) is 0 Å². The molecule has 0 saturated carbocycles. The Labute approximate surface area is 132 Å². The maximum absolute atomic E-state index is 12.4. The van der Waals surface area contributed by atoms with E-state index in [-0.39, 0.29) is 22.0 Å². The highest BCUT2D eigenvalue weighted by Crippen LogP contribution is 2.21. The molecule has 1 heterocycles. The molecule has 0 fully saturated rings. The molecular weight excluding hydrogens is 318 g/mol. The first-order valence-electron chi connectivity index (χ1n) is 6.56. The third kappa shape index (κ3) is 3.11. The number of nitrogens with zero attached hydrogens (tertiary/aromatic N) is 2. The Morgan fingerprint density at radius 1 is 1.00 bits per heavy atom. The molecule has 3 aromatic rings. The van der Waals surface area contributed by atoms with Crippen molar-refractivity contribution < 1.29 is 17.7 Å². The van der Waals surface area contributed by atoms with Crippen molar-refractivity contribution in [3.8, 4) is 0 Å². The van der Waals surface area contributed by atoms with Crippen LogP contribution in [0, 0.1) is 0 Å². The molecule has 0 bridgehead atoms. The van der Waals surface area contributed by atoms with Crippen molar-refractivity contribution in [1.29, 1.82) is 0 Å². The van der Waals surface area contributed by atoms with E-state index >= 15 is 0 Å². The van der Waals surface area contributed by atoms with Gasteiger partial charge in [0.05, 0.1) is 16.1 Å². The lowest BCUT2D eigenvalue weighted by Gasteiger charge is -2.11. The lowest BCUT2D eigenvalue weighted by molar-refractivity contribution is 0.102. The molecule has 0 aliphatic carbocycles. The summed E-state index contributed by atoms with van der Waals surface area (Å²) >= 11 is 0. The molecule has 0 atom stereocenters. The van der Waals surface area contributed by atoms with Gasteiger partial charge in [0.2, 0.25) is 18.0 Å². The monoisotopic (exact) mass is 329 g/mol. The minimum absolute atomic E-state index is 0.0989. The molecule has 7 nitrogen and oxygen atoms in total. The van der Waals surface area contributed by atoms with E-state index in [0.29, 0.717) is 0 Å². The molecule has 0 saturated heterocycles. The lowest BCUT2D eigenvalue weighted by Crippen LogP contribution is -2.16. The van der Waals surface area contributed by atoms with Gasteiger partial charge in [-0.05, 0) is 24.3 Å². The van der Waals surface area contributed by atoms with Crippen LogP contribution in [-0.4, -0.2) is 24.3 Å². The molecule has 2 aromatic carbocycles. The van der Waals surface area contributed by atoms with Gasteiger partial charge in [-0.25, -0.2) is 8.42 Å². The van der Waals surface area contributed by atoms with Gasteiger partial charge in [-0.1, -0.05) is 35.5 Å². The van der Waals surface area contributed by atoms with E-state index in [1.165, 1.54) is 24.3 Å². The predicted octanol–water partition coefficient (Wildman–Crippen LogP) is 2.10. The Morgan fingerprint density at radius 2 is 1.70 bits per heavy atom. The van der Waals surface area contributed by atoms with E-state index in [1.807, 2.05) is 0 Å². The number of ketones is 1. The fourth-order valence-electron chi connectivity index (χ4n) is 1.96. The van der Waals surface area contributed by atoms with Crippen molar-refractivity contribution in [2.24, 2.45) is 0 Å². The largest absolute Gasteiger partial charge is 0.342 e. The summed E-state index contributed by atoms with van der Waals surface area (Å²) in [7, 11) is -3.80. The molecule has 1 N–H and O–H groups in total. The average molecular weight is 329 g/mol. The van der Waals surface area contributed by atoms with E-state index in [4.69, 9.17) is 0 Å². The maximum Gasteiger partial charge on any atom is 0.261 e. The minimum atomic E-state index is -3.80. The number of para-hydroxylation sites is 1. The van der Waals surface area contributed by atoms with Crippen molar-refractivity contribution in [3.05, 3.63) is 72.4 Å². The normalized spacial score (nSPS) is 11.1. The summed E-state index contributed by atoms with van der Waals surface area (Å²) in [4.78, 5) is 16.1. The van der Waals surface area contributed by atoms with E-state index in [1.54, 1.807) is 30.3 Å². The fraction of sp³-hybridized carbons (Fsp3) is 0. The fourth-order valence-corrected chi connectivity index (χ4v) is 3.07. The van der Waals surface area contributed by atoms with Crippen LogP contribution in [0.15, 0.2) is 70.4 Å². The molecule has 0 unspecified atom stereocenters. The number of sulfonamides is 1. The predicted molar refractivity (Wildman–Crippen MR) is 81.4 cm³/mol. The Balaban J connectivity index is 1.97. The van der Waals surface area contributed by atoms with Crippen LogP contribution >= 0.6 is 0 Å². The Kier molecular flexibility index (Phi) is 3.90. The second-order valence-electron chi connectivity index (χ2n) is 4.55. The smallest absolute Gasteiger partial charge is 0.261 e. The quantitative estimate of drug-likeness (QED) is 0.719. The van der Waals surface area contributed by atoms with Gasteiger partial charge in [0.1, 0.15) is 0 Å². The summed E-state index contributed by atoms with van der Waals surface area (Å²) in [5.74, 6) is -0.679. The maximum atomic E-state index is 12.4. The molecule has 0 radical (unpaired) electrons. The number of carbonyl (C=O) groups excluding carboxylic acids is 1. The van der Waals surface area contributed by atoms with Gasteiger partial charge in [0, 0.05) is 0 Å². The van der Waals surface area contributed by atoms with Crippen LogP contribution in [0.1, 0.15) is 16.2 Å². The molecule has 1 aromatic heterocycles. The van der Waals surface area contributed by atoms with Crippen molar-refractivity contribution in [2.45, 2.75) is 4.90 Å². The van der Waals surface area contributed by atoms with Crippen molar-refractivity contribution >= 4 is 21.5 Å². The highest BCUT2D eigenvalue weighted by atomic mass is 32.2. The third-order valence-electron chi connectivity index (χ3n) is 3.03. The molecule has 0 spiro atoms. The number of hydrogen-bond donors (Lipinski definition) is 1. The SMILES string of the molecule is O=C(c1ncon1)c1ccccc1NS(=O)(=O)c1ccccc1. The van der Waals surface area contributed by atoms with Crippen LogP contribution in [0.3, 0.4) is 0 Å². The van der Waals surface area contributed by atoms with Crippen LogP contribution < -0.4 is 4.72 Å². The molecule has 0 aliphatic rings. The second kappa shape index (κ2) is 6.01. The Bertz CT molecular complexity index is 922. The van der Waals surface area contributed by atoms with Gasteiger partial charge in [-0.3, -0.25) is 9.52 Å². The van der Waals surface area contributed by atoms with E-state index in [0.717, 1.165) is 6.39 Å². The summed E-state index contributed by atoms with van der Waals surface area (Å²) < 4.78 is 31.7. The average Bonchev–Trinajstić information content (AvgIpc) is 3.10. The number of anilines is 1. The minimum Gasteiger partial charge on any atom is -0.342 e. The Hall–Kier alpha value is -3.00. The van der Waals surface area contributed by atoms with Gasteiger partial charge < -0.3 is 4.52 Å². The molecule has 0 aliphatic heterocycles. The zero-order valence-corrected chi connectivity index (χ0v) is 12.5. The molecular formula is C15H11N3O4S. The first kappa shape index (κ1) is 14.9. The number of benzene rings is 2. The summed E-state index contributed by atoms with van der Waals surface area (Å²) in [5.41, 5.74) is 0.277. The van der Waals surface area contributed by atoms with E-state index in [2.05, 4.69) is 19.4 Å². The number of aromatic nitrogens is 2. The van der Waals surface area contributed by atoms with Crippen LogP contribution in [-0.2, 0) is 10.0 Å². The third-order valence-corrected chi connectivity index (χ3v) is 4.42. The number of rotatable bonds is 5. The van der Waals surface area contributed by atoms with Crippen molar-refractivity contribution in [2.75, 3.05) is 4.72 Å². The number of hydrogen-bond acceptors (Lipinski definition) is 6. The zero-order valence-electron chi connectivity index (χ0n) is 11.7. The summed E-state index contributed by atoms with van der Waals surface area (Å²) in [6.45, 7) is 0. The second-order valence-corrected chi connectivity index (χ2v) is 6.23. The first-order valence-corrected chi connectivity index (χ1v) is 8.04. The summed E-state index contributed by atoms with van der Waals surface area (Å²) in [6, 6.07) is 14.1. The summed E-state index contributed by atoms with van der Waals surface area (Å²) in [5, 5.41) is 3.48. The van der Waals surface area contributed by atoms with Gasteiger partial charge in [-0.2, -0.15) is 4.98 Å². The van der Waals surface area contributed by atoms with E-state index in [9.17, 15) is 13.2 Å². The topological polar surface area (TPSA) is 102 Å². The zero-order chi connectivity index (χ0) is 16.3. The van der Waals surface area contributed by atoms with Crippen molar-refractivity contribution in [3.63, 3.8) is 0 Å². The molecule has 0 amide bonds. The van der Waals surface area contributed by atoms with E-state index < -0.39 is 15.8 Å². The van der Waals surface area contributed by atoms with Crippen LogP contribution in [0.5, 0.6) is 0 Å². The highest BCUT2D eigenvalue weighted by Gasteiger charge is 2.21. The molecule has 3 rings (SSSR count). The standard InChI is InChI=1S/C15H11N3O4S/c19-14(15-16-10-22-17-15)12-8-4-5-9-13(12)18-23(20,21)11-6-2-1-3-7-11/h1-10,18H. The van der Waals surface area contributed by atoms with Gasteiger partial charge >= 0.3 is 0 Å². The highest BCUT2D eigenvalue weighted by molar-refractivity contribution is 7.92. The molecule has 8 heteroatoms. The summed E-state index contributed by atoms with van der Waals surface area (Å²) in [6.07, 6.45) is 1.03. The first-order chi connectivity index (χ1) is 11.1. The van der Waals surface area contributed by atoms with Crippen LogP contribution in [0.4, 0.5) is 5.69 Å². The van der Waals surface area contributed by atoms with Gasteiger partial charge in [0.15, 0.2) is 0 Å². The Morgan fingerprint density at radius 3 is 2.39 bits per heavy atom. The van der Waals surface area contributed by atoms with Gasteiger partial charge in [-0.15, -0.1) is 0 Å². The number of carbonyl (C=O) groups is 1. The molecule has 116 valence electrons. The van der Waals surface area contributed by atoms with Gasteiger partial charge in [0.25, 0.3) is 10.0 Å². The molecule has 23 heavy (non-hydrogen) atoms. The van der Waals surface area contributed by atoms with Crippen LogP contribution in [0.25, 0.3) is 0 Å². The lowest BCUT2D eigenvalue weighted by atomic mass is 10.1. The number of nitrogens with one attached hydrogen (secondary N) is 1. The van der Waals surface area contributed by atoms with Crippen molar-refractivity contribution in [1.82, 2.24) is 10.1 Å².